The lowest BCUT2D eigenvalue weighted by Gasteiger charge is -2.11. The summed E-state index contributed by atoms with van der Waals surface area (Å²) in [6, 6.07) is 13.6. The first-order valence-corrected chi connectivity index (χ1v) is 7.27. The first-order chi connectivity index (χ1) is 9.13. The molecular weight excluding hydrogens is 302 g/mol. The molecule has 0 aliphatic heterocycles. The number of benzene rings is 2. The van der Waals surface area contributed by atoms with Crippen LogP contribution in [-0.4, -0.2) is 5.91 Å². The molecule has 0 saturated heterocycles. The summed E-state index contributed by atoms with van der Waals surface area (Å²) in [6.45, 7) is 3.99. The maximum atomic E-state index is 12.3. The molecule has 0 saturated carbocycles. The Morgan fingerprint density at radius 3 is 2.58 bits per heavy atom. The molecule has 0 atom stereocenters. The summed E-state index contributed by atoms with van der Waals surface area (Å²) in [6.07, 6.45) is 0. The number of halogens is 1. The highest BCUT2D eigenvalue weighted by atomic mass is 79.9. The smallest absolute Gasteiger partial charge is 0.255 e. The third-order valence-corrected chi connectivity index (χ3v) is 3.86. The summed E-state index contributed by atoms with van der Waals surface area (Å²) in [4.78, 5) is 12.3. The molecule has 0 spiro atoms. The summed E-state index contributed by atoms with van der Waals surface area (Å²) < 4.78 is 0. The van der Waals surface area contributed by atoms with Crippen molar-refractivity contribution in [3.05, 3.63) is 64.7 Å². The zero-order chi connectivity index (χ0) is 13.8. The lowest BCUT2D eigenvalue weighted by Crippen LogP contribution is -2.14. The second-order valence-corrected chi connectivity index (χ2v) is 5.05. The zero-order valence-electron chi connectivity index (χ0n) is 11.0. The molecule has 0 heterocycles. The molecule has 0 unspecified atom stereocenters. The second-order valence-electron chi connectivity index (χ2n) is 4.49. The van der Waals surface area contributed by atoms with Crippen molar-refractivity contribution in [3.63, 3.8) is 0 Å². The Labute approximate surface area is 122 Å². The number of hydrogen-bond acceptors (Lipinski definition) is 1. The standard InChI is InChI=1S/C16H16BrNO/c1-11-6-5-8-14(12(11)2)16(19)18-15-9-4-3-7-13(15)10-17/h3-9H,10H2,1-2H3,(H,18,19). The summed E-state index contributed by atoms with van der Waals surface area (Å²) in [7, 11) is 0. The predicted octanol–water partition coefficient (Wildman–Crippen LogP) is 4.45. The van der Waals surface area contributed by atoms with E-state index in [1.807, 2.05) is 56.3 Å². The van der Waals surface area contributed by atoms with E-state index in [4.69, 9.17) is 0 Å². The lowest BCUT2D eigenvalue weighted by atomic mass is 10.0. The van der Waals surface area contributed by atoms with E-state index in [0.29, 0.717) is 0 Å². The van der Waals surface area contributed by atoms with Crippen LogP contribution in [0.3, 0.4) is 0 Å². The molecule has 0 aliphatic carbocycles. The first-order valence-electron chi connectivity index (χ1n) is 6.15. The molecule has 98 valence electrons. The van der Waals surface area contributed by atoms with Crippen LogP contribution in [0.5, 0.6) is 0 Å². The number of nitrogens with one attached hydrogen (secondary N) is 1. The van der Waals surface area contributed by atoms with Crippen LogP contribution in [0, 0.1) is 13.8 Å². The van der Waals surface area contributed by atoms with Gasteiger partial charge < -0.3 is 5.32 Å². The molecule has 1 amide bonds. The monoisotopic (exact) mass is 317 g/mol. The van der Waals surface area contributed by atoms with Crippen molar-refractivity contribution < 1.29 is 4.79 Å². The number of carbonyl (C=O) groups is 1. The Kier molecular flexibility index (Phi) is 4.38. The van der Waals surface area contributed by atoms with Crippen molar-refractivity contribution in [2.75, 3.05) is 5.32 Å². The maximum absolute atomic E-state index is 12.3. The molecule has 0 fully saturated rings. The Bertz CT molecular complexity index is 607. The van der Waals surface area contributed by atoms with Crippen LogP contribution in [-0.2, 0) is 5.33 Å². The zero-order valence-corrected chi connectivity index (χ0v) is 12.6. The minimum Gasteiger partial charge on any atom is -0.322 e. The highest BCUT2D eigenvalue weighted by Crippen LogP contribution is 2.20. The molecular formula is C16H16BrNO. The van der Waals surface area contributed by atoms with Crippen molar-refractivity contribution in [3.8, 4) is 0 Å². The van der Waals surface area contributed by atoms with E-state index >= 15 is 0 Å². The van der Waals surface area contributed by atoms with Crippen LogP contribution in [0.25, 0.3) is 0 Å². The molecule has 1 N–H and O–H groups in total. The lowest BCUT2D eigenvalue weighted by molar-refractivity contribution is 0.102. The van der Waals surface area contributed by atoms with E-state index in [1.165, 1.54) is 0 Å². The van der Waals surface area contributed by atoms with Crippen molar-refractivity contribution >= 4 is 27.5 Å². The van der Waals surface area contributed by atoms with Crippen LogP contribution < -0.4 is 5.32 Å². The number of anilines is 1. The van der Waals surface area contributed by atoms with E-state index in [1.54, 1.807) is 0 Å². The Hall–Kier alpha value is -1.61. The van der Waals surface area contributed by atoms with Crippen molar-refractivity contribution in [1.29, 1.82) is 0 Å². The van der Waals surface area contributed by atoms with Gasteiger partial charge in [-0.15, -0.1) is 0 Å². The third-order valence-electron chi connectivity index (χ3n) is 3.26. The first kappa shape index (κ1) is 13.8. The largest absolute Gasteiger partial charge is 0.322 e. The summed E-state index contributed by atoms with van der Waals surface area (Å²) in [5.41, 5.74) is 4.80. The minimum absolute atomic E-state index is 0.0606. The van der Waals surface area contributed by atoms with Crippen LogP contribution in [0.4, 0.5) is 5.69 Å². The third kappa shape index (κ3) is 3.04. The Balaban J connectivity index is 2.28. The molecule has 0 bridgehead atoms. The number of alkyl halides is 1. The van der Waals surface area contributed by atoms with Gasteiger partial charge in [0.15, 0.2) is 0 Å². The minimum atomic E-state index is -0.0606. The summed E-state index contributed by atoms with van der Waals surface area (Å²) in [5.74, 6) is -0.0606. The number of amides is 1. The number of para-hydroxylation sites is 1. The Morgan fingerprint density at radius 2 is 1.84 bits per heavy atom. The quantitative estimate of drug-likeness (QED) is 0.832. The van der Waals surface area contributed by atoms with Crippen LogP contribution in [0.1, 0.15) is 27.0 Å². The highest BCUT2D eigenvalue weighted by molar-refractivity contribution is 9.08. The van der Waals surface area contributed by atoms with Gasteiger partial charge in [0.25, 0.3) is 5.91 Å². The molecule has 19 heavy (non-hydrogen) atoms. The molecule has 2 rings (SSSR count). The van der Waals surface area contributed by atoms with Gasteiger partial charge in [-0.3, -0.25) is 4.79 Å². The fourth-order valence-corrected chi connectivity index (χ4v) is 2.43. The van der Waals surface area contributed by atoms with Crippen molar-refractivity contribution in [2.45, 2.75) is 19.2 Å². The van der Waals surface area contributed by atoms with Crippen molar-refractivity contribution in [1.82, 2.24) is 0 Å². The van der Waals surface area contributed by atoms with E-state index in [9.17, 15) is 4.79 Å². The molecule has 3 heteroatoms. The number of rotatable bonds is 3. The van der Waals surface area contributed by atoms with Crippen molar-refractivity contribution in [2.24, 2.45) is 0 Å². The number of hydrogen-bond donors (Lipinski definition) is 1. The topological polar surface area (TPSA) is 29.1 Å². The maximum Gasteiger partial charge on any atom is 0.255 e. The normalized spacial score (nSPS) is 10.3. The van der Waals surface area contributed by atoms with Gasteiger partial charge in [-0.05, 0) is 42.7 Å². The second kappa shape index (κ2) is 6.02. The van der Waals surface area contributed by atoms with Gasteiger partial charge in [-0.2, -0.15) is 0 Å². The van der Waals surface area contributed by atoms with Gasteiger partial charge in [-0.1, -0.05) is 46.3 Å². The predicted molar refractivity (Wildman–Crippen MR) is 82.9 cm³/mol. The fraction of sp³-hybridized carbons (Fsp3) is 0.188. The van der Waals surface area contributed by atoms with Gasteiger partial charge in [0.2, 0.25) is 0 Å². The van der Waals surface area contributed by atoms with Crippen LogP contribution in [0.15, 0.2) is 42.5 Å². The van der Waals surface area contributed by atoms with E-state index in [2.05, 4.69) is 21.2 Å². The van der Waals surface area contributed by atoms with E-state index in [-0.39, 0.29) is 5.91 Å². The average Bonchev–Trinajstić information content (AvgIpc) is 2.42. The van der Waals surface area contributed by atoms with Gasteiger partial charge >= 0.3 is 0 Å². The molecule has 0 aliphatic rings. The average molecular weight is 318 g/mol. The van der Waals surface area contributed by atoms with Crippen LogP contribution >= 0.6 is 15.9 Å². The van der Waals surface area contributed by atoms with Crippen LogP contribution in [0.2, 0.25) is 0 Å². The SMILES string of the molecule is Cc1cccc(C(=O)Nc2ccccc2CBr)c1C. The van der Waals surface area contributed by atoms with Gasteiger partial charge in [0, 0.05) is 16.6 Å². The molecule has 0 radical (unpaired) electrons. The van der Waals surface area contributed by atoms with Gasteiger partial charge in [0.1, 0.15) is 0 Å². The fourth-order valence-electron chi connectivity index (χ4n) is 1.95. The molecule has 2 aromatic rings. The Morgan fingerprint density at radius 1 is 1.11 bits per heavy atom. The number of carbonyl (C=O) groups excluding carboxylic acids is 1. The molecule has 2 aromatic carbocycles. The highest BCUT2D eigenvalue weighted by Gasteiger charge is 2.11. The molecule has 0 aromatic heterocycles. The van der Waals surface area contributed by atoms with Gasteiger partial charge in [0.05, 0.1) is 0 Å². The van der Waals surface area contributed by atoms with Gasteiger partial charge in [-0.25, -0.2) is 0 Å². The van der Waals surface area contributed by atoms with E-state index < -0.39 is 0 Å². The summed E-state index contributed by atoms with van der Waals surface area (Å²) >= 11 is 3.43. The molecule has 2 nitrogen and oxygen atoms in total. The summed E-state index contributed by atoms with van der Waals surface area (Å²) in [5, 5.41) is 3.70. The van der Waals surface area contributed by atoms with E-state index in [0.717, 1.165) is 33.3 Å². The number of aryl methyl sites for hydroxylation is 1.